The van der Waals surface area contributed by atoms with Crippen LogP contribution in [0.3, 0.4) is 0 Å². The third-order valence-electron chi connectivity index (χ3n) is 5.37. The van der Waals surface area contributed by atoms with Gasteiger partial charge in [0, 0.05) is 6.54 Å². The van der Waals surface area contributed by atoms with Crippen molar-refractivity contribution in [2.45, 2.75) is 30.9 Å². The lowest BCUT2D eigenvalue weighted by Crippen LogP contribution is -2.43. The second-order valence-corrected chi connectivity index (χ2v) is 7.25. The second kappa shape index (κ2) is 8.94. The molecule has 32 heavy (non-hydrogen) atoms. The number of anilines is 1. The number of hydrogen-bond donors (Lipinski definition) is 4. The van der Waals surface area contributed by atoms with Gasteiger partial charge in [0.15, 0.2) is 29.3 Å². The highest BCUT2D eigenvalue weighted by Gasteiger charge is 2.46. The number of nitrogens with two attached hydrogens (primary N) is 1. The molecule has 0 aliphatic carbocycles. The normalized spacial score (nSPS) is 22.8. The van der Waals surface area contributed by atoms with E-state index < -0.39 is 30.4 Å². The van der Waals surface area contributed by atoms with E-state index in [0.29, 0.717) is 29.9 Å². The molecule has 12 heteroatoms. The summed E-state index contributed by atoms with van der Waals surface area (Å²) in [5, 5.41) is 22.9. The highest BCUT2D eigenvalue weighted by molar-refractivity contribution is 5.82. The fourth-order valence-corrected chi connectivity index (χ4v) is 3.70. The van der Waals surface area contributed by atoms with Gasteiger partial charge in [-0.3, -0.25) is 4.57 Å². The number of aliphatic carboxylic acids is 1. The number of imidazole rings is 1. The van der Waals surface area contributed by atoms with Crippen LogP contribution in [-0.2, 0) is 16.0 Å². The molecule has 2 aromatic heterocycles. The van der Waals surface area contributed by atoms with Crippen molar-refractivity contribution in [3.63, 3.8) is 0 Å². The lowest BCUT2D eigenvalue weighted by molar-refractivity contribution is -0.152. The van der Waals surface area contributed by atoms with E-state index in [0.717, 1.165) is 17.1 Å². The summed E-state index contributed by atoms with van der Waals surface area (Å²) in [5.41, 5.74) is 7.60. The molecular formula is C20H24N6O6. The molecule has 0 bridgehead atoms. The first-order valence-electron chi connectivity index (χ1n) is 9.88. The molecule has 0 radical (unpaired) electrons. The molecule has 3 aromatic rings. The van der Waals surface area contributed by atoms with Crippen LogP contribution in [0.1, 0.15) is 11.8 Å². The number of fused-ring (bicyclic) bond motifs is 1. The van der Waals surface area contributed by atoms with Crippen LogP contribution in [0.5, 0.6) is 11.5 Å². The van der Waals surface area contributed by atoms with E-state index in [1.165, 1.54) is 17.2 Å². The quantitative estimate of drug-likeness (QED) is 0.374. The average molecular weight is 444 g/mol. The first-order valence-corrected chi connectivity index (χ1v) is 9.88. The molecule has 4 unspecified atom stereocenters. The largest absolute Gasteiger partial charge is 0.497 e. The lowest BCUT2D eigenvalue weighted by Gasteiger charge is -2.16. The number of nitrogens with zero attached hydrogens (tertiary/aromatic N) is 4. The topological polar surface area (TPSA) is 167 Å². The highest BCUT2D eigenvalue weighted by atomic mass is 16.6. The summed E-state index contributed by atoms with van der Waals surface area (Å²) < 4.78 is 17.6. The van der Waals surface area contributed by atoms with Gasteiger partial charge in [-0.2, -0.15) is 0 Å². The second-order valence-electron chi connectivity index (χ2n) is 7.25. The Morgan fingerprint density at radius 2 is 2.09 bits per heavy atom. The number of carboxylic acids is 1. The molecule has 5 N–H and O–H groups in total. The Balaban J connectivity index is 1.53. The summed E-state index contributed by atoms with van der Waals surface area (Å²) in [7, 11) is 3.22. The Morgan fingerprint density at radius 3 is 2.78 bits per heavy atom. The van der Waals surface area contributed by atoms with E-state index in [-0.39, 0.29) is 0 Å². The Hall–Kier alpha value is -3.48. The number of carbonyl (C=O) groups is 1. The van der Waals surface area contributed by atoms with Gasteiger partial charge in [0.1, 0.15) is 23.9 Å². The van der Waals surface area contributed by atoms with Crippen LogP contribution in [0.25, 0.3) is 11.2 Å². The van der Waals surface area contributed by atoms with E-state index in [2.05, 4.69) is 20.3 Å². The van der Waals surface area contributed by atoms with Crippen molar-refractivity contribution >= 4 is 23.0 Å². The molecule has 1 aromatic carbocycles. The number of nitrogens with one attached hydrogen (secondary N) is 1. The zero-order valence-corrected chi connectivity index (χ0v) is 17.5. The molecule has 1 aliphatic heterocycles. The van der Waals surface area contributed by atoms with E-state index in [1.54, 1.807) is 14.2 Å². The summed E-state index contributed by atoms with van der Waals surface area (Å²) in [6, 6.07) is 4.51. The third kappa shape index (κ3) is 3.90. The molecule has 0 amide bonds. The predicted molar refractivity (Wildman–Crippen MR) is 113 cm³/mol. The number of benzene rings is 1. The van der Waals surface area contributed by atoms with Crippen molar-refractivity contribution in [3.8, 4) is 11.5 Å². The fraction of sp³-hybridized carbons (Fsp3) is 0.400. The molecular weight excluding hydrogens is 420 g/mol. The maximum atomic E-state index is 11.3. The molecule has 0 saturated carbocycles. The zero-order chi connectivity index (χ0) is 22.8. The van der Waals surface area contributed by atoms with Gasteiger partial charge < -0.3 is 35.5 Å². The Labute approximate surface area is 183 Å². The molecule has 3 heterocycles. The lowest BCUT2D eigenvalue weighted by atomic mass is 10.1. The van der Waals surface area contributed by atoms with E-state index >= 15 is 0 Å². The number of ether oxygens (including phenoxy) is 3. The van der Waals surface area contributed by atoms with Crippen LogP contribution in [0, 0.1) is 0 Å². The van der Waals surface area contributed by atoms with Gasteiger partial charge in [0.25, 0.3) is 0 Å². The van der Waals surface area contributed by atoms with Crippen molar-refractivity contribution in [1.82, 2.24) is 19.5 Å². The average Bonchev–Trinajstić information content (AvgIpc) is 3.35. The van der Waals surface area contributed by atoms with Crippen LogP contribution in [0.2, 0.25) is 0 Å². The predicted octanol–water partition coefficient (Wildman–Crippen LogP) is 0.168. The molecule has 170 valence electrons. The van der Waals surface area contributed by atoms with E-state index in [4.69, 9.17) is 19.9 Å². The van der Waals surface area contributed by atoms with Crippen LogP contribution >= 0.6 is 0 Å². The maximum Gasteiger partial charge on any atom is 0.334 e. The molecule has 1 fully saturated rings. The maximum absolute atomic E-state index is 11.3. The third-order valence-corrected chi connectivity index (χ3v) is 5.37. The number of carboxylic acid groups (broad SMARTS) is 1. The van der Waals surface area contributed by atoms with Gasteiger partial charge in [-0.05, 0) is 30.2 Å². The molecule has 4 atom stereocenters. The summed E-state index contributed by atoms with van der Waals surface area (Å²) >= 11 is 0. The number of aliphatic hydroxyl groups is 1. The number of hydrogen-bond acceptors (Lipinski definition) is 10. The van der Waals surface area contributed by atoms with Crippen molar-refractivity contribution < 1.29 is 29.2 Å². The molecule has 1 aliphatic rings. The summed E-state index contributed by atoms with van der Waals surface area (Å²) in [6.07, 6.45) is -0.192. The van der Waals surface area contributed by atoms with Gasteiger partial charge >= 0.3 is 5.97 Å². The summed E-state index contributed by atoms with van der Waals surface area (Å²) in [6.45, 7) is 0.525. The molecule has 1 saturated heterocycles. The minimum absolute atomic E-state index is 0.378. The van der Waals surface area contributed by atoms with Gasteiger partial charge in [0.2, 0.25) is 0 Å². The molecule has 12 nitrogen and oxygen atoms in total. The van der Waals surface area contributed by atoms with Crippen molar-refractivity contribution in [1.29, 1.82) is 0 Å². The number of methoxy groups -OCH3 is 2. The van der Waals surface area contributed by atoms with Crippen LogP contribution in [0.4, 0.5) is 5.82 Å². The monoisotopic (exact) mass is 444 g/mol. The highest BCUT2D eigenvalue weighted by Crippen LogP contribution is 2.31. The van der Waals surface area contributed by atoms with Gasteiger partial charge in [-0.1, -0.05) is 0 Å². The van der Waals surface area contributed by atoms with E-state index in [1.807, 2.05) is 18.2 Å². The Kier molecular flexibility index (Phi) is 6.08. The van der Waals surface area contributed by atoms with Crippen LogP contribution in [-0.4, -0.2) is 74.7 Å². The molecule has 4 rings (SSSR count). The van der Waals surface area contributed by atoms with Gasteiger partial charge in [0.05, 0.1) is 26.6 Å². The first-order chi connectivity index (χ1) is 15.4. The number of aromatic nitrogens is 4. The molecule has 0 spiro atoms. The van der Waals surface area contributed by atoms with Crippen LogP contribution in [0.15, 0.2) is 30.9 Å². The number of rotatable bonds is 8. The van der Waals surface area contributed by atoms with Gasteiger partial charge in [-0.25, -0.2) is 19.7 Å². The van der Waals surface area contributed by atoms with Crippen LogP contribution < -0.4 is 20.5 Å². The van der Waals surface area contributed by atoms with E-state index in [9.17, 15) is 15.0 Å². The standard InChI is InChI=1S/C20H24N6O6/c1-30-11-3-4-12(31-2)10(7-11)5-6-22-17-14-18(24-8-23-17)26(9-25-14)19-15(27)13(21)16(32-19)20(28)29/h3-4,7-9,13,15-16,19,27H,5-6,21H2,1-2H3,(H,28,29)(H,22,23,24). The SMILES string of the molecule is COc1ccc(OC)c(CCNc2ncnc3c2ncn3C2OC(C(=O)O)C(N)C2O)c1. The zero-order valence-electron chi connectivity index (χ0n) is 17.5. The summed E-state index contributed by atoms with van der Waals surface area (Å²) in [5.74, 6) is 0.731. The smallest absolute Gasteiger partial charge is 0.334 e. The summed E-state index contributed by atoms with van der Waals surface area (Å²) in [4.78, 5) is 24.1. The fourth-order valence-electron chi connectivity index (χ4n) is 3.70. The first kappa shape index (κ1) is 21.7. The minimum atomic E-state index is -1.33. The minimum Gasteiger partial charge on any atom is -0.497 e. The number of aliphatic hydroxyl groups excluding tert-OH is 1. The Morgan fingerprint density at radius 1 is 1.28 bits per heavy atom. The Bertz CT molecular complexity index is 1120. The van der Waals surface area contributed by atoms with Crippen molar-refractivity contribution in [2.24, 2.45) is 5.73 Å². The van der Waals surface area contributed by atoms with Crippen molar-refractivity contribution in [3.05, 3.63) is 36.4 Å². The van der Waals surface area contributed by atoms with Crippen molar-refractivity contribution in [2.75, 3.05) is 26.1 Å². The van der Waals surface area contributed by atoms with Gasteiger partial charge in [-0.15, -0.1) is 0 Å².